The maximum Gasteiger partial charge on any atom is 0.224 e. The van der Waals surface area contributed by atoms with Crippen molar-refractivity contribution in [2.75, 3.05) is 6.54 Å². The molecule has 0 heterocycles. The lowest BCUT2D eigenvalue weighted by molar-refractivity contribution is -0.124. The summed E-state index contributed by atoms with van der Waals surface area (Å²) in [6.45, 7) is 11.0. The second kappa shape index (κ2) is 3.23. The van der Waals surface area contributed by atoms with E-state index in [2.05, 4.69) is 33.0 Å². The molecule has 0 spiro atoms. The zero-order valence-corrected chi connectivity index (χ0v) is 9.85. The van der Waals surface area contributed by atoms with E-state index in [4.69, 9.17) is 5.73 Å². The van der Waals surface area contributed by atoms with Gasteiger partial charge in [-0.15, -0.1) is 0 Å². The number of carbonyl (C=O) groups is 1. The van der Waals surface area contributed by atoms with Gasteiger partial charge < -0.3 is 11.1 Å². The Balaban J connectivity index is 2.58. The number of amides is 1. The molecular formula is C11H22N2O. The van der Waals surface area contributed by atoms with Crippen LogP contribution >= 0.6 is 0 Å². The lowest BCUT2D eigenvalue weighted by atomic mass is 10.0. The maximum absolute atomic E-state index is 11.8. The molecule has 0 saturated heterocycles. The topological polar surface area (TPSA) is 55.1 Å². The molecule has 0 aromatic rings. The molecule has 0 aliphatic heterocycles. The van der Waals surface area contributed by atoms with Crippen LogP contribution in [0.5, 0.6) is 0 Å². The van der Waals surface area contributed by atoms with Crippen LogP contribution in [0.25, 0.3) is 0 Å². The van der Waals surface area contributed by atoms with Gasteiger partial charge in [-0.05, 0) is 17.8 Å². The number of nitrogens with two attached hydrogens (primary N) is 1. The third kappa shape index (κ3) is 1.54. The van der Waals surface area contributed by atoms with Crippen molar-refractivity contribution in [1.82, 2.24) is 5.32 Å². The smallest absolute Gasteiger partial charge is 0.224 e. The summed E-state index contributed by atoms with van der Waals surface area (Å²) in [5.41, 5.74) is 5.69. The molecule has 1 aliphatic rings. The Labute approximate surface area is 86.4 Å². The second-order valence-electron chi connectivity index (χ2n) is 5.52. The van der Waals surface area contributed by atoms with Crippen LogP contribution in [0.4, 0.5) is 0 Å². The first kappa shape index (κ1) is 11.5. The van der Waals surface area contributed by atoms with Crippen LogP contribution < -0.4 is 11.1 Å². The number of hydrogen-bond donors (Lipinski definition) is 2. The van der Waals surface area contributed by atoms with Crippen LogP contribution in [0.1, 0.15) is 34.6 Å². The van der Waals surface area contributed by atoms with E-state index in [1.54, 1.807) is 0 Å². The van der Waals surface area contributed by atoms with Crippen molar-refractivity contribution in [2.24, 2.45) is 22.5 Å². The van der Waals surface area contributed by atoms with Gasteiger partial charge in [-0.2, -0.15) is 0 Å². The summed E-state index contributed by atoms with van der Waals surface area (Å²) in [5.74, 6) is 0.280. The standard InChI is InChI=1S/C11H22N2O/c1-7(6-12)13-9(14)8-10(2,3)11(8,4)5/h7-8H,6,12H2,1-5H3,(H,13,14). The summed E-state index contributed by atoms with van der Waals surface area (Å²) in [6.07, 6.45) is 0. The van der Waals surface area contributed by atoms with Gasteiger partial charge in [-0.3, -0.25) is 4.79 Å². The quantitative estimate of drug-likeness (QED) is 0.714. The SMILES string of the molecule is CC(CN)NC(=O)C1C(C)(C)C1(C)C. The molecule has 1 unspecified atom stereocenters. The molecule has 3 N–H and O–H groups in total. The molecule has 0 radical (unpaired) electrons. The molecule has 3 heteroatoms. The molecule has 1 fully saturated rings. The van der Waals surface area contributed by atoms with Gasteiger partial charge in [0.1, 0.15) is 0 Å². The highest BCUT2D eigenvalue weighted by Crippen LogP contribution is 2.68. The summed E-state index contributed by atoms with van der Waals surface area (Å²) in [5, 5.41) is 2.94. The van der Waals surface area contributed by atoms with Crippen molar-refractivity contribution in [1.29, 1.82) is 0 Å². The van der Waals surface area contributed by atoms with Crippen LogP contribution in [-0.4, -0.2) is 18.5 Å². The van der Waals surface area contributed by atoms with E-state index < -0.39 is 0 Å². The van der Waals surface area contributed by atoms with E-state index in [9.17, 15) is 4.79 Å². The van der Waals surface area contributed by atoms with Crippen molar-refractivity contribution in [2.45, 2.75) is 40.7 Å². The summed E-state index contributed by atoms with van der Waals surface area (Å²) < 4.78 is 0. The zero-order valence-electron chi connectivity index (χ0n) is 9.85. The fourth-order valence-corrected chi connectivity index (χ4v) is 2.24. The van der Waals surface area contributed by atoms with E-state index in [1.165, 1.54) is 0 Å². The molecular weight excluding hydrogens is 176 g/mol. The lowest BCUT2D eigenvalue weighted by Crippen LogP contribution is -2.39. The average molecular weight is 198 g/mol. The van der Waals surface area contributed by atoms with Crippen molar-refractivity contribution >= 4 is 5.91 Å². The molecule has 14 heavy (non-hydrogen) atoms. The predicted molar refractivity (Wildman–Crippen MR) is 57.7 cm³/mol. The minimum Gasteiger partial charge on any atom is -0.352 e. The van der Waals surface area contributed by atoms with E-state index in [0.717, 1.165) is 0 Å². The molecule has 1 amide bonds. The Morgan fingerprint density at radius 2 is 1.79 bits per heavy atom. The third-order valence-corrected chi connectivity index (χ3v) is 4.03. The zero-order chi connectivity index (χ0) is 11.1. The van der Waals surface area contributed by atoms with Crippen molar-refractivity contribution < 1.29 is 4.79 Å². The van der Waals surface area contributed by atoms with Crippen LogP contribution in [0.3, 0.4) is 0 Å². The Morgan fingerprint density at radius 3 is 2.07 bits per heavy atom. The van der Waals surface area contributed by atoms with Crippen LogP contribution in [0, 0.1) is 16.7 Å². The molecule has 1 rings (SSSR count). The number of nitrogens with one attached hydrogen (secondary N) is 1. The molecule has 1 aliphatic carbocycles. The van der Waals surface area contributed by atoms with E-state index in [-0.39, 0.29) is 28.7 Å². The van der Waals surface area contributed by atoms with Gasteiger partial charge in [-0.25, -0.2) is 0 Å². The van der Waals surface area contributed by atoms with Crippen LogP contribution in [0.15, 0.2) is 0 Å². The Morgan fingerprint density at radius 1 is 1.36 bits per heavy atom. The molecule has 0 aromatic heterocycles. The number of carbonyl (C=O) groups excluding carboxylic acids is 1. The third-order valence-electron chi connectivity index (χ3n) is 4.03. The highest BCUT2D eigenvalue weighted by atomic mass is 16.2. The fourth-order valence-electron chi connectivity index (χ4n) is 2.24. The Kier molecular flexibility index (Phi) is 2.65. The highest BCUT2D eigenvalue weighted by Gasteiger charge is 2.68. The second-order valence-corrected chi connectivity index (χ2v) is 5.52. The first-order chi connectivity index (χ1) is 6.25. The number of hydrogen-bond acceptors (Lipinski definition) is 2. The van der Waals surface area contributed by atoms with Crippen LogP contribution in [0.2, 0.25) is 0 Å². The van der Waals surface area contributed by atoms with Crippen LogP contribution in [-0.2, 0) is 4.79 Å². The van der Waals surface area contributed by atoms with Gasteiger partial charge in [-0.1, -0.05) is 27.7 Å². The van der Waals surface area contributed by atoms with E-state index in [1.807, 2.05) is 6.92 Å². The molecule has 1 saturated carbocycles. The normalized spacial score (nSPS) is 25.6. The first-order valence-electron chi connectivity index (χ1n) is 5.25. The fraction of sp³-hybridized carbons (Fsp3) is 0.909. The molecule has 0 aromatic carbocycles. The Hall–Kier alpha value is -0.570. The van der Waals surface area contributed by atoms with Gasteiger partial charge in [0.05, 0.1) is 0 Å². The molecule has 82 valence electrons. The summed E-state index contributed by atoms with van der Waals surface area (Å²) in [7, 11) is 0. The van der Waals surface area contributed by atoms with Gasteiger partial charge in [0.15, 0.2) is 0 Å². The maximum atomic E-state index is 11.8. The molecule has 3 nitrogen and oxygen atoms in total. The van der Waals surface area contributed by atoms with Gasteiger partial charge in [0.25, 0.3) is 0 Å². The van der Waals surface area contributed by atoms with Gasteiger partial charge in [0.2, 0.25) is 5.91 Å². The predicted octanol–water partition coefficient (Wildman–Crippen LogP) is 1.13. The summed E-state index contributed by atoms with van der Waals surface area (Å²) in [6, 6.07) is 0.0784. The first-order valence-corrected chi connectivity index (χ1v) is 5.25. The average Bonchev–Trinajstić information content (AvgIpc) is 2.42. The Bertz CT molecular complexity index is 232. The monoisotopic (exact) mass is 198 g/mol. The van der Waals surface area contributed by atoms with Crippen molar-refractivity contribution in [3.63, 3.8) is 0 Å². The van der Waals surface area contributed by atoms with Gasteiger partial charge in [0, 0.05) is 18.5 Å². The summed E-state index contributed by atoms with van der Waals surface area (Å²) >= 11 is 0. The number of rotatable bonds is 3. The lowest BCUT2D eigenvalue weighted by Gasteiger charge is -2.12. The van der Waals surface area contributed by atoms with Gasteiger partial charge >= 0.3 is 0 Å². The highest BCUT2D eigenvalue weighted by molar-refractivity contribution is 5.84. The largest absolute Gasteiger partial charge is 0.352 e. The summed E-state index contributed by atoms with van der Waals surface area (Å²) in [4.78, 5) is 11.8. The van der Waals surface area contributed by atoms with Crippen molar-refractivity contribution in [3.05, 3.63) is 0 Å². The minimum absolute atomic E-state index is 0.0784. The van der Waals surface area contributed by atoms with E-state index in [0.29, 0.717) is 6.54 Å². The minimum atomic E-state index is 0.0784. The van der Waals surface area contributed by atoms with E-state index >= 15 is 0 Å². The molecule has 0 bridgehead atoms. The van der Waals surface area contributed by atoms with Crippen molar-refractivity contribution in [3.8, 4) is 0 Å². The molecule has 1 atom stereocenters.